The molecule has 1 aromatic heterocycles. The average molecular weight is 553 g/mol. The number of carbonyl (C=O) groups is 1. The Morgan fingerprint density at radius 1 is 0.875 bits per heavy atom. The van der Waals surface area contributed by atoms with Gasteiger partial charge in [0.1, 0.15) is 35.7 Å². The quantitative estimate of drug-likeness (QED) is 0.110. The molecule has 0 saturated carbocycles. The van der Waals surface area contributed by atoms with Gasteiger partial charge in [-0.25, -0.2) is 4.79 Å². The number of halogens is 1. The van der Waals surface area contributed by atoms with Crippen LogP contribution < -0.4 is 19.6 Å². The number of aryl methyl sites for hydroxylation is 2. The van der Waals surface area contributed by atoms with Gasteiger partial charge in [-0.15, -0.1) is 0 Å². The molecular formula is C33H25ClO6. The predicted octanol–water partition coefficient (Wildman–Crippen LogP) is 8.05. The van der Waals surface area contributed by atoms with Gasteiger partial charge in [0.05, 0.1) is 5.39 Å². The van der Waals surface area contributed by atoms with Crippen LogP contribution in [0.4, 0.5) is 0 Å². The zero-order chi connectivity index (χ0) is 28.1. The van der Waals surface area contributed by atoms with E-state index >= 15 is 0 Å². The predicted molar refractivity (Wildman–Crippen MR) is 155 cm³/mol. The van der Waals surface area contributed by atoms with E-state index in [0.29, 0.717) is 28.5 Å². The Labute approximate surface area is 236 Å². The molecule has 7 heteroatoms. The molecule has 5 rings (SSSR count). The number of esters is 1. The number of rotatable bonds is 8. The minimum atomic E-state index is -0.574. The van der Waals surface area contributed by atoms with Crippen molar-refractivity contribution in [2.45, 2.75) is 20.5 Å². The van der Waals surface area contributed by atoms with E-state index in [9.17, 15) is 9.59 Å². The van der Waals surface area contributed by atoms with Crippen molar-refractivity contribution < 1.29 is 23.4 Å². The fraction of sp³-hybridized carbons (Fsp3) is 0.0909. The monoisotopic (exact) mass is 552 g/mol. The normalized spacial score (nSPS) is 11.1. The molecule has 1 heterocycles. The summed E-state index contributed by atoms with van der Waals surface area (Å²) >= 11 is 6.17. The van der Waals surface area contributed by atoms with Gasteiger partial charge in [0.25, 0.3) is 0 Å². The van der Waals surface area contributed by atoms with Crippen LogP contribution in [0.3, 0.4) is 0 Å². The van der Waals surface area contributed by atoms with Gasteiger partial charge in [-0.05, 0) is 79.1 Å². The summed E-state index contributed by atoms with van der Waals surface area (Å²) in [5, 5.41) is 0.968. The van der Waals surface area contributed by atoms with E-state index in [-0.39, 0.29) is 22.5 Å². The van der Waals surface area contributed by atoms with Crippen LogP contribution in [0, 0.1) is 13.8 Å². The first-order valence-corrected chi connectivity index (χ1v) is 12.9. The van der Waals surface area contributed by atoms with E-state index < -0.39 is 5.97 Å². The van der Waals surface area contributed by atoms with E-state index in [0.717, 1.165) is 22.3 Å². The molecule has 5 aromatic rings. The van der Waals surface area contributed by atoms with Crippen molar-refractivity contribution >= 4 is 34.6 Å². The summed E-state index contributed by atoms with van der Waals surface area (Å²) in [6.07, 6.45) is 4.22. The first kappa shape index (κ1) is 26.8. The molecule has 0 saturated heterocycles. The van der Waals surface area contributed by atoms with Gasteiger partial charge in [0.2, 0.25) is 11.2 Å². The van der Waals surface area contributed by atoms with Crippen LogP contribution >= 0.6 is 11.6 Å². The van der Waals surface area contributed by atoms with Gasteiger partial charge >= 0.3 is 5.97 Å². The molecule has 0 radical (unpaired) electrons. The summed E-state index contributed by atoms with van der Waals surface area (Å²) < 4.78 is 22.6. The third kappa shape index (κ3) is 6.60. The summed E-state index contributed by atoms with van der Waals surface area (Å²) in [4.78, 5) is 25.3. The molecule has 0 aliphatic rings. The van der Waals surface area contributed by atoms with Crippen molar-refractivity contribution in [1.82, 2.24) is 0 Å². The van der Waals surface area contributed by atoms with Crippen LogP contribution in [-0.2, 0) is 11.4 Å². The summed E-state index contributed by atoms with van der Waals surface area (Å²) in [7, 11) is 0. The van der Waals surface area contributed by atoms with Gasteiger partial charge in [0.15, 0.2) is 0 Å². The first-order chi connectivity index (χ1) is 19.3. The van der Waals surface area contributed by atoms with Gasteiger partial charge in [-0.3, -0.25) is 4.79 Å². The Balaban J connectivity index is 1.20. The average Bonchev–Trinajstić information content (AvgIpc) is 2.93. The standard InChI is InChI=1S/C33H25ClO6/c1-21-15-22(2)17-27(16-21)39-31-20-38-30-18-26(12-13-28(30)33(31)36)40-32(35)14-9-23-7-10-25(11-8-23)37-19-24-5-3-4-6-29(24)34/h3-18,20H,19H2,1-2H3. The smallest absolute Gasteiger partial charge is 0.336 e. The van der Waals surface area contributed by atoms with E-state index in [4.69, 9.17) is 30.2 Å². The maximum Gasteiger partial charge on any atom is 0.336 e. The number of benzene rings is 4. The van der Waals surface area contributed by atoms with Gasteiger partial charge in [-0.1, -0.05) is 48.0 Å². The topological polar surface area (TPSA) is 75.0 Å². The van der Waals surface area contributed by atoms with Crippen molar-refractivity contribution in [3.63, 3.8) is 0 Å². The largest absolute Gasteiger partial charge is 0.489 e. The van der Waals surface area contributed by atoms with E-state index in [1.54, 1.807) is 12.1 Å². The molecule has 0 fully saturated rings. The van der Waals surface area contributed by atoms with Crippen molar-refractivity contribution in [3.05, 3.63) is 135 Å². The Kier molecular flexibility index (Phi) is 7.99. The second-order valence-electron chi connectivity index (χ2n) is 9.22. The lowest BCUT2D eigenvalue weighted by molar-refractivity contribution is -0.128. The van der Waals surface area contributed by atoms with Gasteiger partial charge < -0.3 is 18.6 Å². The third-order valence-corrected chi connectivity index (χ3v) is 6.37. The fourth-order valence-electron chi connectivity index (χ4n) is 4.11. The van der Waals surface area contributed by atoms with E-state index in [2.05, 4.69) is 0 Å². The number of hydrogen-bond acceptors (Lipinski definition) is 6. The molecular weight excluding hydrogens is 528 g/mol. The van der Waals surface area contributed by atoms with E-state index in [1.165, 1.54) is 24.5 Å². The van der Waals surface area contributed by atoms with Crippen molar-refractivity contribution in [1.29, 1.82) is 0 Å². The molecule has 200 valence electrons. The number of ether oxygens (including phenoxy) is 3. The van der Waals surface area contributed by atoms with Crippen LogP contribution in [0.15, 0.2) is 106 Å². The number of fused-ring (bicyclic) bond motifs is 1. The summed E-state index contributed by atoms with van der Waals surface area (Å²) in [6, 6.07) is 25.1. The highest BCUT2D eigenvalue weighted by Crippen LogP contribution is 2.26. The molecule has 0 amide bonds. The number of hydrogen-bond donors (Lipinski definition) is 0. The molecule has 0 unspecified atom stereocenters. The van der Waals surface area contributed by atoms with Gasteiger partial charge in [-0.2, -0.15) is 0 Å². The molecule has 6 nitrogen and oxygen atoms in total. The highest BCUT2D eigenvalue weighted by atomic mass is 35.5. The Morgan fingerprint density at radius 3 is 2.35 bits per heavy atom. The minimum absolute atomic E-state index is 0.0745. The highest BCUT2D eigenvalue weighted by molar-refractivity contribution is 6.31. The van der Waals surface area contributed by atoms with Crippen molar-refractivity contribution in [3.8, 4) is 23.0 Å². The molecule has 0 atom stereocenters. The maximum absolute atomic E-state index is 12.9. The molecule has 40 heavy (non-hydrogen) atoms. The van der Waals surface area contributed by atoms with Crippen LogP contribution in [0.1, 0.15) is 22.3 Å². The highest BCUT2D eigenvalue weighted by Gasteiger charge is 2.12. The van der Waals surface area contributed by atoms with Gasteiger partial charge in [0, 0.05) is 22.7 Å². The van der Waals surface area contributed by atoms with Crippen LogP contribution in [0.5, 0.6) is 23.0 Å². The Bertz CT molecular complexity index is 1750. The maximum atomic E-state index is 12.9. The number of carbonyl (C=O) groups excluding carboxylic acids is 1. The van der Waals surface area contributed by atoms with Crippen LogP contribution in [0.2, 0.25) is 5.02 Å². The SMILES string of the molecule is Cc1cc(C)cc(Oc2coc3cc(OC(=O)C=Cc4ccc(OCc5ccccc5Cl)cc4)ccc3c2=O)c1. The lowest BCUT2D eigenvalue weighted by atomic mass is 10.1. The van der Waals surface area contributed by atoms with Crippen LogP contribution in [-0.4, -0.2) is 5.97 Å². The second kappa shape index (κ2) is 11.9. The van der Waals surface area contributed by atoms with E-state index in [1.807, 2.05) is 80.6 Å². The molecule has 0 aliphatic heterocycles. The Hall–Kier alpha value is -4.81. The Morgan fingerprint density at radius 2 is 1.60 bits per heavy atom. The third-order valence-electron chi connectivity index (χ3n) is 6.00. The molecule has 4 aromatic carbocycles. The summed E-state index contributed by atoms with van der Waals surface area (Å²) in [5.41, 5.74) is 3.70. The first-order valence-electron chi connectivity index (χ1n) is 12.5. The van der Waals surface area contributed by atoms with Crippen molar-refractivity contribution in [2.75, 3.05) is 0 Å². The summed E-state index contributed by atoms with van der Waals surface area (Å²) in [5.74, 6) is 0.984. The molecule has 0 N–H and O–H groups in total. The van der Waals surface area contributed by atoms with Crippen molar-refractivity contribution in [2.24, 2.45) is 0 Å². The lowest BCUT2D eigenvalue weighted by Crippen LogP contribution is -2.06. The van der Waals surface area contributed by atoms with Crippen LogP contribution in [0.25, 0.3) is 17.0 Å². The second-order valence-corrected chi connectivity index (χ2v) is 9.62. The minimum Gasteiger partial charge on any atom is -0.489 e. The summed E-state index contributed by atoms with van der Waals surface area (Å²) in [6.45, 7) is 4.26. The lowest BCUT2D eigenvalue weighted by Gasteiger charge is -2.08. The zero-order valence-corrected chi connectivity index (χ0v) is 22.6. The molecule has 0 bridgehead atoms. The molecule has 0 aliphatic carbocycles. The fourth-order valence-corrected chi connectivity index (χ4v) is 4.30. The zero-order valence-electron chi connectivity index (χ0n) is 21.8. The molecule has 0 spiro atoms.